The van der Waals surface area contributed by atoms with Crippen LogP contribution in [-0.2, 0) is 16.0 Å². The van der Waals surface area contributed by atoms with Gasteiger partial charge in [0.15, 0.2) is 0 Å². The SMILES string of the molecule is COCCCNCC(=O)N1CCc2sccc2[C@H]1c1ccccc1. The van der Waals surface area contributed by atoms with Crippen LogP contribution in [0.3, 0.4) is 0 Å². The second kappa shape index (κ2) is 8.42. The number of benzene rings is 1. The number of ether oxygens (including phenoxy) is 1. The van der Waals surface area contributed by atoms with E-state index >= 15 is 0 Å². The van der Waals surface area contributed by atoms with Crippen molar-refractivity contribution in [3.05, 3.63) is 57.8 Å². The van der Waals surface area contributed by atoms with Crippen molar-refractivity contribution in [1.82, 2.24) is 10.2 Å². The summed E-state index contributed by atoms with van der Waals surface area (Å²) in [5.74, 6) is 0.165. The molecule has 1 aliphatic rings. The summed E-state index contributed by atoms with van der Waals surface area (Å²) < 4.78 is 5.04. The molecule has 5 heteroatoms. The molecule has 0 unspecified atom stereocenters. The Morgan fingerprint density at radius 3 is 2.96 bits per heavy atom. The van der Waals surface area contributed by atoms with E-state index < -0.39 is 0 Å². The third kappa shape index (κ3) is 3.86. The highest BCUT2D eigenvalue weighted by Crippen LogP contribution is 2.37. The molecule has 0 radical (unpaired) electrons. The number of hydrogen-bond acceptors (Lipinski definition) is 4. The molecular formula is C19H24N2O2S. The maximum absolute atomic E-state index is 12.8. The highest BCUT2D eigenvalue weighted by atomic mass is 32.1. The Morgan fingerprint density at radius 2 is 2.17 bits per heavy atom. The number of hydrogen-bond donors (Lipinski definition) is 1. The second-order valence-electron chi connectivity index (χ2n) is 5.97. The Labute approximate surface area is 147 Å². The molecule has 0 aliphatic carbocycles. The van der Waals surface area contributed by atoms with Crippen LogP contribution in [0, 0.1) is 0 Å². The zero-order valence-electron chi connectivity index (χ0n) is 14.0. The monoisotopic (exact) mass is 344 g/mol. The molecule has 1 amide bonds. The van der Waals surface area contributed by atoms with E-state index in [0.29, 0.717) is 6.54 Å². The van der Waals surface area contributed by atoms with Crippen LogP contribution in [0.4, 0.5) is 0 Å². The summed E-state index contributed by atoms with van der Waals surface area (Å²) in [4.78, 5) is 16.2. The minimum Gasteiger partial charge on any atom is -0.385 e. The predicted molar refractivity (Wildman–Crippen MR) is 97.4 cm³/mol. The van der Waals surface area contributed by atoms with Gasteiger partial charge in [-0.25, -0.2) is 0 Å². The number of fused-ring (bicyclic) bond motifs is 1. The van der Waals surface area contributed by atoms with E-state index in [1.165, 1.54) is 16.0 Å². The van der Waals surface area contributed by atoms with Gasteiger partial charge in [-0.15, -0.1) is 11.3 Å². The Morgan fingerprint density at radius 1 is 1.33 bits per heavy atom. The molecule has 3 rings (SSSR count). The number of carbonyl (C=O) groups excluding carboxylic acids is 1. The summed E-state index contributed by atoms with van der Waals surface area (Å²) in [6.45, 7) is 2.68. The number of nitrogens with one attached hydrogen (secondary N) is 1. The topological polar surface area (TPSA) is 41.6 Å². The molecule has 128 valence electrons. The van der Waals surface area contributed by atoms with Crippen LogP contribution in [0.1, 0.15) is 28.5 Å². The number of methoxy groups -OCH3 is 1. The van der Waals surface area contributed by atoms with Gasteiger partial charge in [-0.05, 0) is 42.0 Å². The van der Waals surface area contributed by atoms with Crippen molar-refractivity contribution in [2.24, 2.45) is 0 Å². The van der Waals surface area contributed by atoms with E-state index in [1.54, 1.807) is 18.4 Å². The van der Waals surface area contributed by atoms with Gasteiger partial charge in [0, 0.05) is 25.1 Å². The number of nitrogens with zero attached hydrogens (tertiary/aromatic N) is 1. The predicted octanol–water partition coefficient (Wildman–Crippen LogP) is 2.85. The van der Waals surface area contributed by atoms with Crippen molar-refractivity contribution in [2.75, 3.05) is 33.4 Å². The third-order valence-corrected chi connectivity index (χ3v) is 5.38. The van der Waals surface area contributed by atoms with Crippen LogP contribution in [0.2, 0.25) is 0 Å². The smallest absolute Gasteiger partial charge is 0.237 e. The lowest BCUT2D eigenvalue weighted by molar-refractivity contribution is -0.132. The van der Waals surface area contributed by atoms with E-state index in [-0.39, 0.29) is 11.9 Å². The molecule has 1 aromatic heterocycles. The first-order chi connectivity index (χ1) is 11.8. The van der Waals surface area contributed by atoms with E-state index in [9.17, 15) is 4.79 Å². The Kier molecular flexibility index (Phi) is 6.01. The summed E-state index contributed by atoms with van der Waals surface area (Å²) in [6, 6.07) is 12.5. The fourth-order valence-electron chi connectivity index (χ4n) is 3.22. The molecule has 1 atom stereocenters. The van der Waals surface area contributed by atoms with Gasteiger partial charge in [0.05, 0.1) is 12.6 Å². The normalized spacial score (nSPS) is 16.9. The van der Waals surface area contributed by atoms with Crippen molar-refractivity contribution in [2.45, 2.75) is 18.9 Å². The standard InChI is InChI=1S/C19H24N2O2S/c1-23-12-5-10-20-14-18(22)21-11-8-17-16(9-13-24-17)19(21)15-6-3-2-4-7-15/h2-4,6-7,9,13,19-20H,5,8,10-12,14H2,1H3/t19-/m1/s1. The number of rotatable bonds is 7. The highest BCUT2D eigenvalue weighted by molar-refractivity contribution is 7.10. The average Bonchev–Trinajstić information content (AvgIpc) is 3.10. The molecule has 2 heterocycles. The first kappa shape index (κ1) is 17.1. The number of thiophene rings is 1. The average molecular weight is 344 g/mol. The quantitative estimate of drug-likeness (QED) is 0.786. The minimum absolute atomic E-state index is 0.0366. The molecule has 24 heavy (non-hydrogen) atoms. The summed E-state index contributed by atoms with van der Waals surface area (Å²) in [7, 11) is 1.70. The number of amides is 1. The third-order valence-electron chi connectivity index (χ3n) is 4.38. The molecule has 1 aliphatic heterocycles. The lowest BCUT2D eigenvalue weighted by Gasteiger charge is -2.36. The van der Waals surface area contributed by atoms with Gasteiger partial charge in [-0.1, -0.05) is 30.3 Å². The maximum Gasteiger partial charge on any atom is 0.237 e. The van der Waals surface area contributed by atoms with E-state index in [2.05, 4.69) is 28.9 Å². The highest BCUT2D eigenvalue weighted by Gasteiger charge is 2.32. The molecule has 2 aromatic rings. The molecule has 0 fully saturated rings. The van der Waals surface area contributed by atoms with Gasteiger partial charge in [0.25, 0.3) is 0 Å². The largest absolute Gasteiger partial charge is 0.385 e. The first-order valence-corrected chi connectivity index (χ1v) is 9.29. The summed E-state index contributed by atoms with van der Waals surface area (Å²) in [6.07, 6.45) is 1.87. The van der Waals surface area contributed by atoms with Crippen molar-refractivity contribution >= 4 is 17.2 Å². The molecule has 0 bridgehead atoms. The lowest BCUT2D eigenvalue weighted by atomic mass is 9.93. The van der Waals surface area contributed by atoms with E-state index in [4.69, 9.17) is 4.74 Å². The molecule has 0 saturated heterocycles. The van der Waals surface area contributed by atoms with Gasteiger partial charge in [0.1, 0.15) is 0 Å². The first-order valence-electron chi connectivity index (χ1n) is 8.41. The summed E-state index contributed by atoms with van der Waals surface area (Å²) >= 11 is 1.80. The molecular weight excluding hydrogens is 320 g/mol. The molecule has 0 spiro atoms. The molecule has 4 nitrogen and oxygen atoms in total. The van der Waals surface area contributed by atoms with E-state index in [0.717, 1.165) is 32.5 Å². The van der Waals surface area contributed by atoms with Crippen LogP contribution >= 0.6 is 11.3 Å². The van der Waals surface area contributed by atoms with Gasteiger partial charge in [-0.3, -0.25) is 4.79 Å². The molecule has 1 aromatic carbocycles. The van der Waals surface area contributed by atoms with Crippen molar-refractivity contribution in [3.8, 4) is 0 Å². The maximum atomic E-state index is 12.8. The van der Waals surface area contributed by atoms with Crippen molar-refractivity contribution in [1.29, 1.82) is 0 Å². The Hall–Kier alpha value is -1.69. The molecule has 0 saturated carbocycles. The Balaban J connectivity index is 1.73. The summed E-state index contributed by atoms with van der Waals surface area (Å²) in [5.41, 5.74) is 2.47. The van der Waals surface area contributed by atoms with Gasteiger partial charge in [-0.2, -0.15) is 0 Å². The number of carbonyl (C=O) groups is 1. The van der Waals surface area contributed by atoms with Crippen molar-refractivity contribution < 1.29 is 9.53 Å². The van der Waals surface area contributed by atoms with Crippen LogP contribution in [0.5, 0.6) is 0 Å². The van der Waals surface area contributed by atoms with Crippen LogP contribution in [0.25, 0.3) is 0 Å². The van der Waals surface area contributed by atoms with Crippen molar-refractivity contribution in [3.63, 3.8) is 0 Å². The van der Waals surface area contributed by atoms with Crippen LogP contribution in [0.15, 0.2) is 41.8 Å². The van der Waals surface area contributed by atoms with Gasteiger partial charge in [0.2, 0.25) is 5.91 Å². The molecule has 1 N–H and O–H groups in total. The zero-order valence-corrected chi connectivity index (χ0v) is 14.8. The van der Waals surface area contributed by atoms with Gasteiger partial charge >= 0.3 is 0 Å². The fraction of sp³-hybridized carbons (Fsp3) is 0.421. The minimum atomic E-state index is 0.0366. The zero-order chi connectivity index (χ0) is 16.8. The van der Waals surface area contributed by atoms with Gasteiger partial charge < -0.3 is 15.0 Å². The van der Waals surface area contributed by atoms with Crippen LogP contribution < -0.4 is 5.32 Å². The van der Waals surface area contributed by atoms with E-state index in [1.807, 2.05) is 23.1 Å². The second-order valence-corrected chi connectivity index (χ2v) is 6.97. The fourth-order valence-corrected chi connectivity index (χ4v) is 4.12. The lowest BCUT2D eigenvalue weighted by Crippen LogP contribution is -2.44. The Bertz CT molecular complexity index is 656. The van der Waals surface area contributed by atoms with Crippen LogP contribution in [-0.4, -0.2) is 44.2 Å². The summed E-state index contributed by atoms with van der Waals surface area (Å²) in [5, 5.41) is 5.37.